The first-order chi connectivity index (χ1) is 25.2. The topological polar surface area (TPSA) is 34.1 Å². The molecule has 0 unspecified atom stereocenters. The van der Waals surface area contributed by atoms with Gasteiger partial charge in [-0.1, -0.05) is 265 Å². The molecule has 0 amide bonds. The van der Waals surface area contributed by atoms with Gasteiger partial charge in [0.25, 0.3) is 0 Å². The van der Waals surface area contributed by atoms with E-state index in [1.165, 1.54) is 218 Å². The maximum atomic E-state index is 13.0. The Bertz CT molecular complexity index is 630. The standard InChI is InChI=1S/C49H95O2/c1-4-7-10-12-14-16-18-20-22-24-26-28-30-32-34-36-38-40-42-45-48(50)47(44-9-6-3)49(51)46-43-41-39-37-35-33-31-29-27-25-23-21-19-17-15-13-11-8-5-2/h4-46H2,1-3H3. The number of carbonyl (C=O) groups is 2. The maximum absolute atomic E-state index is 13.0. The molecule has 2 heteroatoms. The summed E-state index contributed by atoms with van der Waals surface area (Å²) in [4.78, 5) is 26.0. The van der Waals surface area contributed by atoms with Gasteiger partial charge in [0.1, 0.15) is 17.5 Å². The van der Waals surface area contributed by atoms with Crippen LogP contribution in [0.5, 0.6) is 0 Å². The van der Waals surface area contributed by atoms with E-state index in [1.54, 1.807) is 0 Å². The Morgan fingerprint density at radius 3 is 0.588 bits per heavy atom. The van der Waals surface area contributed by atoms with Gasteiger partial charge in [-0.15, -0.1) is 0 Å². The molecule has 0 saturated heterocycles. The van der Waals surface area contributed by atoms with E-state index in [-0.39, 0.29) is 11.6 Å². The van der Waals surface area contributed by atoms with Crippen molar-refractivity contribution >= 4 is 11.6 Å². The number of hydrogen-bond acceptors (Lipinski definition) is 2. The average Bonchev–Trinajstić information content (AvgIpc) is 3.13. The van der Waals surface area contributed by atoms with E-state index in [4.69, 9.17) is 0 Å². The number of unbranched alkanes of at least 4 members (excludes halogenated alkanes) is 37. The third-order valence-corrected chi connectivity index (χ3v) is 11.5. The van der Waals surface area contributed by atoms with E-state index in [9.17, 15) is 9.59 Å². The fourth-order valence-corrected chi connectivity index (χ4v) is 7.82. The Labute approximate surface area is 323 Å². The van der Waals surface area contributed by atoms with Crippen molar-refractivity contribution in [2.45, 2.75) is 297 Å². The molecule has 0 aromatic rings. The van der Waals surface area contributed by atoms with Crippen molar-refractivity contribution in [3.05, 3.63) is 5.92 Å². The molecule has 0 spiro atoms. The van der Waals surface area contributed by atoms with Crippen molar-refractivity contribution < 1.29 is 9.59 Å². The minimum atomic E-state index is 0.165. The van der Waals surface area contributed by atoms with Crippen LogP contribution >= 0.6 is 0 Å². The zero-order valence-corrected chi connectivity index (χ0v) is 35.7. The lowest BCUT2D eigenvalue weighted by Crippen LogP contribution is -2.22. The van der Waals surface area contributed by atoms with Crippen molar-refractivity contribution in [2.75, 3.05) is 0 Å². The summed E-state index contributed by atoms with van der Waals surface area (Å²) < 4.78 is 0. The lowest BCUT2D eigenvalue weighted by atomic mass is 9.87. The molecule has 0 aromatic heterocycles. The summed E-state index contributed by atoms with van der Waals surface area (Å²) in [5.41, 5.74) is 0. The van der Waals surface area contributed by atoms with Crippen LogP contribution in [0.25, 0.3) is 0 Å². The zero-order chi connectivity index (χ0) is 37.1. The molecule has 0 saturated carbocycles. The van der Waals surface area contributed by atoms with Crippen LogP contribution in [0.3, 0.4) is 0 Å². The molecule has 0 bridgehead atoms. The van der Waals surface area contributed by atoms with Crippen LogP contribution in [0.2, 0.25) is 0 Å². The van der Waals surface area contributed by atoms with Crippen LogP contribution in [-0.2, 0) is 9.59 Å². The first-order valence-electron chi connectivity index (χ1n) is 24.1. The molecule has 0 fully saturated rings. The Morgan fingerprint density at radius 2 is 0.392 bits per heavy atom. The summed E-state index contributed by atoms with van der Waals surface area (Å²) in [5, 5.41) is 0. The van der Waals surface area contributed by atoms with E-state index >= 15 is 0 Å². The highest BCUT2D eigenvalue weighted by atomic mass is 16.1. The SMILES string of the molecule is CCCCCCCCCCCCCCCCCCCCCC(=O)[C](CCCC)C(=O)CCCCCCCCCCCCCCCCCCCCC. The fraction of sp³-hybridized carbons (Fsp3) is 0.939. The van der Waals surface area contributed by atoms with E-state index in [0.717, 1.165) is 38.5 Å². The summed E-state index contributed by atoms with van der Waals surface area (Å²) in [6.45, 7) is 6.75. The van der Waals surface area contributed by atoms with Gasteiger partial charge < -0.3 is 0 Å². The largest absolute Gasteiger partial charge is 0.299 e. The van der Waals surface area contributed by atoms with Gasteiger partial charge >= 0.3 is 0 Å². The third-order valence-electron chi connectivity index (χ3n) is 11.5. The molecule has 0 heterocycles. The number of ketones is 2. The molecular weight excluding hydrogens is 621 g/mol. The first-order valence-corrected chi connectivity index (χ1v) is 24.1. The van der Waals surface area contributed by atoms with Crippen LogP contribution < -0.4 is 0 Å². The highest BCUT2D eigenvalue weighted by Gasteiger charge is 2.25. The van der Waals surface area contributed by atoms with E-state index in [1.807, 2.05) is 0 Å². The first kappa shape index (κ1) is 50.3. The highest BCUT2D eigenvalue weighted by Crippen LogP contribution is 2.22. The molecule has 0 aromatic carbocycles. The normalized spacial score (nSPS) is 11.6. The molecule has 1 radical (unpaired) electrons. The second-order valence-corrected chi connectivity index (χ2v) is 16.7. The summed E-state index contributed by atoms with van der Waals surface area (Å²) in [7, 11) is 0. The van der Waals surface area contributed by atoms with Gasteiger partial charge in [-0.2, -0.15) is 0 Å². The predicted octanol–water partition coefficient (Wildman–Crippen LogP) is 17.5. The lowest BCUT2D eigenvalue weighted by Gasteiger charge is -2.14. The summed E-state index contributed by atoms with van der Waals surface area (Å²) in [6.07, 6.45) is 55.7. The van der Waals surface area contributed by atoms with Crippen LogP contribution in [0, 0.1) is 5.92 Å². The third kappa shape index (κ3) is 38.9. The second-order valence-electron chi connectivity index (χ2n) is 16.7. The van der Waals surface area contributed by atoms with Gasteiger partial charge in [-0.05, 0) is 19.3 Å². The monoisotopic (exact) mass is 716 g/mol. The summed E-state index contributed by atoms with van der Waals surface area (Å²) in [6, 6.07) is 0. The molecule has 0 aliphatic heterocycles. The Hall–Kier alpha value is -0.660. The molecule has 51 heavy (non-hydrogen) atoms. The minimum absolute atomic E-state index is 0.165. The fourth-order valence-electron chi connectivity index (χ4n) is 7.82. The van der Waals surface area contributed by atoms with Gasteiger partial charge in [-0.3, -0.25) is 9.59 Å². The minimum Gasteiger partial charge on any atom is -0.299 e. The van der Waals surface area contributed by atoms with Gasteiger partial charge in [0.05, 0.1) is 0 Å². The van der Waals surface area contributed by atoms with E-state index < -0.39 is 0 Å². The molecule has 0 aliphatic carbocycles. The molecule has 303 valence electrons. The number of hydrogen-bond donors (Lipinski definition) is 0. The Morgan fingerprint density at radius 1 is 0.216 bits per heavy atom. The van der Waals surface area contributed by atoms with E-state index in [2.05, 4.69) is 20.8 Å². The van der Waals surface area contributed by atoms with Crippen molar-refractivity contribution in [1.29, 1.82) is 0 Å². The van der Waals surface area contributed by atoms with Crippen molar-refractivity contribution in [2.24, 2.45) is 0 Å². The predicted molar refractivity (Wildman–Crippen MR) is 229 cm³/mol. The second kappa shape index (κ2) is 43.7. The Balaban J connectivity index is 3.64. The van der Waals surface area contributed by atoms with Crippen LogP contribution in [0.1, 0.15) is 297 Å². The lowest BCUT2D eigenvalue weighted by molar-refractivity contribution is -0.125. The van der Waals surface area contributed by atoms with Crippen molar-refractivity contribution in [3.63, 3.8) is 0 Å². The average molecular weight is 716 g/mol. The maximum Gasteiger partial charge on any atom is 0.147 e. The van der Waals surface area contributed by atoms with Gasteiger partial charge in [0.15, 0.2) is 0 Å². The molecular formula is C49H95O2. The highest BCUT2D eigenvalue weighted by molar-refractivity contribution is 6.16. The zero-order valence-electron chi connectivity index (χ0n) is 35.7. The molecule has 2 nitrogen and oxygen atoms in total. The summed E-state index contributed by atoms with van der Waals surface area (Å²) >= 11 is 0. The summed E-state index contributed by atoms with van der Waals surface area (Å²) in [5.74, 6) is 0.984. The van der Waals surface area contributed by atoms with Crippen LogP contribution in [-0.4, -0.2) is 11.6 Å². The van der Waals surface area contributed by atoms with Crippen molar-refractivity contribution in [1.82, 2.24) is 0 Å². The van der Waals surface area contributed by atoms with Crippen LogP contribution in [0.4, 0.5) is 0 Å². The van der Waals surface area contributed by atoms with Gasteiger partial charge in [0.2, 0.25) is 0 Å². The Kier molecular flexibility index (Phi) is 43.2. The molecule has 0 atom stereocenters. The quantitative estimate of drug-likeness (QED) is 0.0465. The molecule has 0 aliphatic rings. The molecule has 0 rings (SSSR count). The van der Waals surface area contributed by atoms with E-state index in [0.29, 0.717) is 25.2 Å². The number of rotatable bonds is 45. The number of carbonyl (C=O) groups excluding carboxylic acids is 2. The number of Topliss-reactive ketones (excluding diaryl/α,β-unsaturated/α-hetero) is 2. The van der Waals surface area contributed by atoms with Gasteiger partial charge in [0, 0.05) is 12.8 Å². The molecule has 0 N–H and O–H groups in total. The van der Waals surface area contributed by atoms with Gasteiger partial charge in [-0.25, -0.2) is 0 Å². The van der Waals surface area contributed by atoms with Crippen molar-refractivity contribution in [3.8, 4) is 0 Å². The van der Waals surface area contributed by atoms with Crippen LogP contribution in [0.15, 0.2) is 0 Å². The smallest absolute Gasteiger partial charge is 0.147 e.